The van der Waals surface area contributed by atoms with E-state index in [-0.39, 0.29) is 11.9 Å². The number of likely N-dealkylation sites (tertiary alicyclic amines) is 1. The average molecular weight is 337 g/mol. The standard InChI is InChI=1S/C19H19N3OS/c23-19(22-11-1-3-18(22)17-8-12-24-14-17)16-6-4-15(5-7-16)13-21-10-2-9-20-21/h2,4-10,12,14,18H,1,3,11,13H2. The summed E-state index contributed by atoms with van der Waals surface area (Å²) in [5, 5.41) is 8.45. The summed E-state index contributed by atoms with van der Waals surface area (Å²) in [7, 11) is 0. The SMILES string of the molecule is O=C(c1ccc(Cn2cccn2)cc1)N1CCCC1c1ccsc1. The van der Waals surface area contributed by atoms with Crippen LogP contribution in [0.3, 0.4) is 0 Å². The second-order valence-corrected chi connectivity index (χ2v) is 6.89. The van der Waals surface area contributed by atoms with Crippen molar-refractivity contribution in [1.82, 2.24) is 14.7 Å². The molecule has 1 aromatic carbocycles. The molecule has 5 heteroatoms. The number of thiophene rings is 1. The third-order valence-corrected chi connectivity index (χ3v) is 5.25. The normalized spacial score (nSPS) is 17.3. The van der Waals surface area contributed by atoms with Gasteiger partial charge in [0.15, 0.2) is 0 Å². The first-order valence-electron chi connectivity index (χ1n) is 8.21. The number of aromatic nitrogens is 2. The molecule has 0 saturated carbocycles. The van der Waals surface area contributed by atoms with Gasteiger partial charge >= 0.3 is 0 Å². The molecule has 1 atom stereocenters. The van der Waals surface area contributed by atoms with Crippen LogP contribution in [0.1, 0.15) is 40.4 Å². The third-order valence-electron chi connectivity index (χ3n) is 4.55. The Labute approximate surface area is 145 Å². The highest BCUT2D eigenvalue weighted by Crippen LogP contribution is 2.34. The Morgan fingerprint density at radius 1 is 1.25 bits per heavy atom. The lowest BCUT2D eigenvalue weighted by Gasteiger charge is -2.24. The molecular formula is C19H19N3OS. The summed E-state index contributed by atoms with van der Waals surface area (Å²) in [6, 6.07) is 12.2. The fourth-order valence-corrected chi connectivity index (χ4v) is 4.03. The predicted molar refractivity (Wildman–Crippen MR) is 95.1 cm³/mol. The monoisotopic (exact) mass is 337 g/mol. The van der Waals surface area contributed by atoms with Crippen molar-refractivity contribution in [2.75, 3.05) is 6.54 Å². The number of amides is 1. The van der Waals surface area contributed by atoms with Gasteiger partial charge in [-0.25, -0.2) is 0 Å². The molecule has 4 rings (SSSR count). The second-order valence-electron chi connectivity index (χ2n) is 6.11. The van der Waals surface area contributed by atoms with Crippen LogP contribution in [0.15, 0.2) is 59.6 Å². The minimum atomic E-state index is 0.134. The van der Waals surface area contributed by atoms with Crippen LogP contribution in [0.2, 0.25) is 0 Å². The largest absolute Gasteiger partial charge is 0.332 e. The van der Waals surface area contributed by atoms with Crippen molar-refractivity contribution in [3.8, 4) is 0 Å². The zero-order valence-electron chi connectivity index (χ0n) is 13.3. The van der Waals surface area contributed by atoms with Gasteiger partial charge in [0.2, 0.25) is 0 Å². The first-order valence-corrected chi connectivity index (χ1v) is 9.15. The third kappa shape index (κ3) is 2.99. The molecule has 24 heavy (non-hydrogen) atoms. The highest BCUT2D eigenvalue weighted by Gasteiger charge is 2.30. The van der Waals surface area contributed by atoms with Crippen molar-refractivity contribution in [3.63, 3.8) is 0 Å². The van der Waals surface area contributed by atoms with E-state index < -0.39 is 0 Å². The highest BCUT2D eigenvalue weighted by molar-refractivity contribution is 7.08. The van der Waals surface area contributed by atoms with Crippen molar-refractivity contribution in [3.05, 3.63) is 76.2 Å². The molecule has 3 heterocycles. The van der Waals surface area contributed by atoms with Gasteiger partial charge < -0.3 is 4.90 Å². The maximum atomic E-state index is 12.9. The highest BCUT2D eigenvalue weighted by atomic mass is 32.1. The van der Waals surface area contributed by atoms with E-state index in [2.05, 4.69) is 21.9 Å². The first kappa shape index (κ1) is 15.1. The molecule has 0 spiro atoms. The minimum absolute atomic E-state index is 0.134. The van der Waals surface area contributed by atoms with Gasteiger partial charge in [-0.3, -0.25) is 9.48 Å². The Kier molecular flexibility index (Phi) is 4.17. The van der Waals surface area contributed by atoms with Crippen LogP contribution in [0, 0.1) is 0 Å². The number of rotatable bonds is 4. The summed E-state index contributed by atoms with van der Waals surface area (Å²) in [6.07, 6.45) is 5.84. The van der Waals surface area contributed by atoms with Crippen LogP contribution in [0.5, 0.6) is 0 Å². The van der Waals surface area contributed by atoms with E-state index in [1.165, 1.54) is 5.56 Å². The van der Waals surface area contributed by atoms with E-state index in [9.17, 15) is 4.79 Å². The molecule has 1 aliphatic rings. The topological polar surface area (TPSA) is 38.1 Å². The van der Waals surface area contributed by atoms with Crippen molar-refractivity contribution >= 4 is 17.2 Å². The maximum Gasteiger partial charge on any atom is 0.254 e. The Morgan fingerprint density at radius 2 is 2.12 bits per heavy atom. The van der Waals surface area contributed by atoms with E-state index in [4.69, 9.17) is 0 Å². The number of hydrogen-bond acceptors (Lipinski definition) is 3. The lowest BCUT2D eigenvalue weighted by Crippen LogP contribution is -2.30. The summed E-state index contributed by atoms with van der Waals surface area (Å²) in [6.45, 7) is 1.57. The van der Waals surface area contributed by atoms with Gasteiger partial charge in [0.25, 0.3) is 5.91 Å². The van der Waals surface area contributed by atoms with Crippen LogP contribution in [-0.4, -0.2) is 27.1 Å². The van der Waals surface area contributed by atoms with E-state index in [0.29, 0.717) is 0 Å². The van der Waals surface area contributed by atoms with Crippen LogP contribution < -0.4 is 0 Å². The van der Waals surface area contributed by atoms with E-state index in [1.807, 2.05) is 46.1 Å². The summed E-state index contributed by atoms with van der Waals surface area (Å²) < 4.78 is 1.88. The summed E-state index contributed by atoms with van der Waals surface area (Å²) in [5.41, 5.74) is 3.17. The van der Waals surface area contributed by atoms with Gasteiger partial charge in [-0.1, -0.05) is 12.1 Å². The van der Waals surface area contributed by atoms with Gasteiger partial charge in [0.05, 0.1) is 12.6 Å². The number of benzene rings is 1. The first-order chi connectivity index (χ1) is 11.8. The number of carbonyl (C=O) groups excluding carboxylic acids is 1. The van der Waals surface area contributed by atoms with E-state index >= 15 is 0 Å². The van der Waals surface area contributed by atoms with Crippen molar-refractivity contribution in [1.29, 1.82) is 0 Å². The number of nitrogens with zero attached hydrogens (tertiary/aromatic N) is 3. The van der Waals surface area contributed by atoms with Crippen molar-refractivity contribution < 1.29 is 4.79 Å². The molecule has 1 amide bonds. The summed E-state index contributed by atoms with van der Waals surface area (Å²) >= 11 is 1.69. The molecule has 4 nitrogen and oxygen atoms in total. The predicted octanol–water partition coefficient (Wildman–Crippen LogP) is 3.97. The van der Waals surface area contributed by atoms with Crippen molar-refractivity contribution in [2.24, 2.45) is 0 Å². The number of carbonyl (C=O) groups is 1. The second kappa shape index (κ2) is 6.61. The molecule has 3 aromatic rings. The molecule has 0 aliphatic carbocycles. The summed E-state index contributed by atoms with van der Waals surface area (Å²) in [5.74, 6) is 0.134. The van der Waals surface area contributed by atoms with Crippen LogP contribution in [-0.2, 0) is 6.54 Å². The van der Waals surface area contributed by atoms with Crippen LogP contribution in [0.25, 0.3) is 0 Å². The Bertz CT molecular complexity index is 794. The quantitative estimate of drug-likeness (QED) is 0.722. The molecule has 1 fully saturated rings. The molecular weight excluding hydrogens is 318 g/mol. The van der Waals surface area contributed by atoms with Crippen LogP contribution >= 0.6 is 11.3 Å². The molecule has 1 aliphatic heterocycles. The van der Waals surface area contributed by atoms with Crippen LogP contribution in [0.4, 0.5) is 0 Å². The molecule has 0 N–H and O–H groups in total. The molecule has 0 radical (unpaired) electrons. The Morgan fingerprint density at radius 3 is 2.83 bits per heavy atom. The van der Waals surface area contributed by atoms with Gasteiger partial charge in [-0.2, -0.15) is 16.4 Å². The fourth-order valence-electron chi connectivity index (χ4n) is 3.32. The molecule has 122 valence electrons. The number of hydrogen-bond donors (Lipinski definition) is 0. The molecule has 1 unspecified atom stereocenters. The zero-order chi connectivity index (χ0) is 16.4. The molecule has 0 bridgehead atoms. The Balaban J connectivity index is 1.49. The van der Waals surface area contributed by atoms with E-state index in [1.54, 1.807) is 17.5 Å². The molecule has 1 saturated heterocycles. The lowest BCUT2D eigenvalue weighted by molar-refractivity contribution is 0.0736. The smallest absolute Gasteiger partial charge is 0.254 e. The van der Waals surface area contributed by atoms with Gasteiger partial charge in [0, 0.05) is 24.5 Å². The maximum absolute atomic E-state index is 12.9. The van der Waals surface area contributed by atoms with Gasteiger partial charge in [-0.05, 0) is 59.0 Å². The lowest BCUT2D eigenvalue weighted by atomic mass is 10.1. The van der Waals surface area contributed by atoms with Gasteiger partial charge in [0.1, 0.15) is 0 Å². The Hall–Kier alpha value is -2.40. The van der Waals surface area contributed by atoms with Crippen molar-refractivity contribution in [2.45, 2.75) is 25.4 Å². The summed E-state index contributed by atoms with van der Waals surface area (Å²) in [4.78, 5) is 14.9. The fraction of sp³-hybridized carbons (Fsp3) is 0.263. The zero-order valence-corrected chi connectivity index (χ0v) is 14.2. The molecule has 2 aromatic heterocycles. The minimum Gasteiger partial charge on any atom is -0.332 e. The van der Waals surface area contributed by atoms with Gasteiger partial charge in [-0.15, -0.1) is 0 Å². The average Bonchev–Trinajstić information content (AvgIpc) is 3.36. The van der Waals surface area contributed by atoms with E-state index in [0.717, 1.165) is 37.1 Å².